The number of hydrogen-bond donors (Lipinski definition) is 1. The van der Waals surface area contributed by atoms with Gasteiger partial charge in [-0.05, 0) is 68.1 Å². The summed E-state index contributed by atoms with van der Waals surface area (Å²) in [6.45, 7) is 4.66. The fourth-order valence-corrected chi connectivity index (χ4v) is 7.32. The van der Waals surface area contributed by atoms with Gasteiger partial charge in [0.05, 0.1) is 10.9 Å². The van der Waals surface area contributed by atoms with Crippen LogP contribution in [0, 0.1) is 28.6 Å². The van der Waals surface area contributed by atoms with E-state index in [2.05, 4.69) is 35.9 Å². The molecule has 0 heterocycles. The Kier molecular flexibility index (Phi) is 3.44. The third-order valence-corrected chi connectivity index (χ3v) is 8.57. The van der Waals surface area contributed by atoms with E-state index >= 15 is 0 Å². The van der Waals surface area contributed by atoms with Gasteiger partial charge in [0.2, 0.25) is 0 Å². The van der Waals surface area contributed by atoms with Gasteiger partial charge in [-0.3, -0.25) is 4.79 Å². The van der Waals surface area contributed by atoms with Gasteiger partial charge in [-0.2, -0.15) is 0 Å². The van der Waals surface area contributed by atoms with Crippen molar-refractivity contribution in [3.8, 4) is 0 Å². The normalized spacial score (nSPS) is 54.3. The molecule has 22 heavy (non-hydrogen) atoms. The first-order chi connectivity index (χ1) is 10.4. The molecule has 3 saturated carbocycles. The van der Waals surface area contributed by atoms with Crippen molar-refractivity contribution < 1.29 is 9.90 Å². The van der Waals surface area contributed by atoms with Crippen molar-refractivity contribution in [2.24, 2.45) is 28.6 Å². The molecule has 7 atom stereocenters. The Hall–Kier alpha value is -0.150. The van der Waals surface area contributed by atoms with Crippen molar-refractivity contribution in [1.29, 1.82) is 0 Å². The molecule has 0 bridgehead atoms. The van der Waals surface area contributed by atoms with Crippen molar-refractivity contribution in [3.63, 3.8) is 0 Å². The molecule has 0 aromatic heterocycles. The number of Topliss-reactive ketones (excluding diaryl/α,β-unsaturated/α-hetero) is 1. The van der Waals surface area contributed by atoms with E-state index in [0.29, 0.717) is 23.5 Å². The maximum atomic E-state index is 12.6. The van der Waals surface area contributed by atoms with Crippen molar-refractivity contribution in [3.05, 3.63) is 11.6 Å². The minimum absolute atomic E-state index is 0.0765. The van der Waals surface area contributed by atoms with Gasteiger partial charge in [-0.25, -0.2) is 0 Å². The highest BCUT2D eigenvalue weighted by Gasteiger charge is 2.60. The number of rotatable bonds is 0. The molecule has 4 rings (SSSR count). The average molecular weight is 367 g/mol. The summed E-state index contributed by atoms with van der Waals surface area (Å²) in [7, 11) is 0. The summed E-state index contributed by atoms with van der Waals surface area (Å²) in [5.41, 5.74) is 1.69. The van der Waals surface area contributed by atoms with Crippen LogP contribution in [0.3, 0.4) is 0 Å². The first kappa shape index (κ1) is 15.4. The van der Waals surface area contributed by atoms with E-state index < -0.39 is 0 Å². The standard InChI is InChI=1S/C19H27BrO2/c1-18-7-5-12(21)9-11(18)3-4-13-14(18)6-8-19(2)15(13)10-16(20)17(19)22/h3,12-16,21H,4-10H2,1-2H3/t12-,13+,14+,15?,16+,18-,19-/m0/s1. The van der Waals surface area contributed by atoms with Crippen LogP contribution in [0.5, 0.6) is 0 Å². The number of hydrogen-bond acceptors (Lipinski definition) is 2. The lowest BCUT2D eigenvalue weighted by Gasteiger charge is -2.56. The summed E-state index contributed by atoms with van der Waals surface area (Å²) in [6.07, 6.45) is 9.63. The minimum Gasteiger partial charge on any atom is -0.393 e. The Morgan fingerprint density at radius 3 is 2.68 bits per heavy atom. The van der Waals surface area contributed by atoms with Crippen LogP contribution in [-0.2, 0) is 4.79 Å². The van der Waals surface area contributed by atoms with Crippen LogP contribution in [0.2, 0.25) is 0 Å². The largest absolute Gasteiger partial charge is 0.393 e. The van der Waals surface area contributed by atoms with Gasteiger partial charge in [0.1, 0.15) is 0 Å². The van der Waals surface area contributed by atoms with Crippen LogP contribution in [0.1, 0.15) is 58.8 Å². The molecule has 3 heteroatoms. The predicted molar refractivity (Wildman–Crippen MR) is 90.8 cm³/mol. The number of aliphatic hydroxyl groups is 1. The molecule has 122 valence electrons. The van der Waals surface area contributed by atoms with E-state index in [1.54, 1.807) is 0 Å². The molecule has 1 N–H and O–H groups in total. The Morgan fingerprint density at radius 2 is 1.91 bits per heavy atom. The van der Waals surface area contributed by atoms with Crippen LogP contribution >= 0.6 is 15.9 Å². The summed E-state index contributed by atoms with van der Waals surface area (Å²) >= 11 is 3.64. The first-order valence-corrected chi connectivity index (χ1v) is 9.84. The van der Waals surface area contributed by atoms with E-state index in [0.717, 1.165) is 38.5 Å². The molecule has 1 unspecified atom stereocenters. The number of ketones is 1. The summed E-state index contributed by atoms with van der Waals surface area (Å²) in [4.78, 5) is 12.7. The van der Waals surface area contributed by atoms with Crippen LogP contribution in [0.15, 0.2) is 11.6 Å². The molecule has 0 saturated heterocycles. The quantitative estimate of drug-likeness (QED) is 0.513. The highest BCUT2D eigenvalue weighted by Crippen LogP contribution is 2.64. The second-order valence-electron chi connectivity index (χ2n) is 8.68. The highest BCUT2D eigenvalue weighted by atomic mass is 79.9. The van der Waals surface area contributed by atoms with Crippen LogP contribution < -0.4 is 0 Å². The third-order valence-electron chi connectivity index (χ3n) is 7.78. The van der Waals surface area contributed by atoms with Crippen molar-refractivity contribution in [1.82, 2.24) is 0 Å². The van der Waals surface area contributed by atoms with E-state index in [-0.39, 0.29) is 21.8 Å². The van der Waals surface area contributed by atoms with E-state index in [1.807, 2.05) is 0 Å². The molecule has 2 nitrogen and oxygen atoms in total. The third kappa shape index (κ3) is 1.90. The molecule has 0 spiro atoms. The Morgan fingerprint density at radius 1 is 1.18 bits per heavy atom. The van der Waals surface area contributed by atoms with Gasteiger partial charge in [0.25, 0.3) is 0 Å². The first-order valence-electron chi connectivity index (χ1n) is 8.92. The number of fused-ring (bicyclic) bond motifs is 5. The van der Waals surface area contributed by atoms with Crippen molar-refractivity contribution >= 4 is 21.7 Å². The lowest BCUT2D eigenvalue weighted by atomic mass is 9.48. The van der Waals surface area contributed by atoms with Crippen LogP contribution in [0.25, 0.3) is 0 Å². The molecule has 0 aromatic carbocycles. The Bertz CT molecular complexity index is 542. The fraction of sp³-hybridized carbons (Fsp3) is 0.842. The monoisotopic (exact) mass is 366 g/mol. The molecule has 4 aliphatic carbocycles. The minimum atomic E-state index is -0.135. The highest BCUT2D eigenvalue weighted by molar-refractivity contribution is 9.10. The van der Waals surface area contributed by atoms with Gasteiger partial charge < -0.3 is 5.11 Å². The lowest BCUT2D eigenvalue weighted by Crippen LogP contribution is -2.50. The molecule has 4 aliphatic rings. The number of carbonyl (C=O) groups is 1. The second-order valence-corrected chi connectivity index (χ2v) is 9.78. The smallest absolute Gasteiger partial charge is 0.152 e. The molecule has 0 aliphatic heterocycles. The van der Waals surface area contributed by atoms with Gasteiger partial charge in [0, 0.05) is 5.41 Å². The zero-order chi connectivity index (χ0) is 15.7. The molecular formula is C19H27BrO2. The molecule has 0 radical (unpaired) electrons. The maximum Gasteiger partial charge on any atom is 0.152 e. The van der Waals surface area contributed by atoms with E-state index in [9.17, 15) is 9.90 Å². The van der Waals surface area contributed by atoms with Gasteiger partial charge >= 0.3 is 0 Å². The number of allylic oxidation sites excluding steroid dienone is 1. The summed E-state index contributed by atoms with van der Waals surface area (Å²) < 4.78 is 0. The fourth-order valence-electron chi connectivity index (χ4n) is 6.39. The zero-order valence-corrected chi connectivity index (χ0v) is 15.2. The molecule has 0 amide bonds. The average Bonchev–Trinajstić information content (AvgIpc) is 2.72. The van der Waals surface area contributed by atoms with E-state index in [1.165, 1.54) is 12.0 Å². The Balaban J connectivity index is 1.70. The second kappa shape index (κ2) is 4.92. The molecular weight excluding hydrogens is 340 g/mol. The number of aliphatic hydroxyl groups excluding tert-OH is 1. The summed E-state index contributed by atoms with van der Waals surface area (Å²) in [5, 5.41) is 10.0. The van der Waals surface area contributed by atoms with Crippen LogP contribution in [-0.4, -0.2) is 21.8 Å². The van der Waals surface area contributed by atoms with Gasteiger partial charge in [0.15, 0.2) is 5.78 Å². The molecule has 3 fully saturated rings. The van der Waals surface area contributed by atoms with Gasteiger partial charge in [-0.1, -0.05) is 41.4 Å². The topological polar surface area (TPSA) is 37.3 Å². The van der Waals surface area contributed by atoms with Gasteiger partial charge in [-0.15, -0.1) is 0 Å². The Labute approximate surface area is 141 Å². The van der Waals surface area contributed by atoms with Crippen LogP contribution in [0.4, 0.5) is 0 Å². The maximum absolute atomic E-state index is 12.6. The summed E-state index contributed by atoms with van der Waals surface area (Å²) in [6, 6.07) is 0. The predicted octanol–water partition coefficient (Wildman–Crippen LogP) is 4.25. The number of alkyl halides is 1. The SMILES string of the molecule is C[C@]12CC[C@H](O)CC1=CC[C@H]1C3C[C@@H](Br)C(=O)[C@@]3(C)CC[C@H]12. The van der Waals surface area contributed by atoms with E-state index in [4.69, 9.17) is 0 Å². The molecule has 0 aromatic rings. The number of halogens is 1. The summed E-state index contributed by atoms with van der Waals surface area (Å²) in [5.74, 6) is 2.37. The van der Waals surface area contributed by atoms with Crippen molar-refractivity contribution in [2.45, 2.75) is 69.7 Å². The zero-order valence-electron chi connectivity index (χ0n) is 13.6. The number of carbonyl (C=O) groups excluding carboxylic acids is 1. The lowest BCUT2D eigenvalue weighted by molar-refractivity contribution is -0.131. The van der Waals surface area contributed by atoms with Crippen molar-refractivity contribution in [2.75, 3.05) is 0 Å².